The number of amides is 1. The lowest BCUT2D eigenvalue weighted by Crippen LogP contribution is -2.46. The fraction of sp³-hybridized carbons (Fsp3) is 0.429. The lowest BCUT2D eigenvalue weighted by Gasteiger charge is -2.35. The van der Waals surface area contributed by atoms with Crippen molar-refractivity contribution in [2.24, 2.45) is 5.92 Å². The van der Waals surface area contributed by atoms with E-state index in [-0.39, 0.29) is 6.04 Å². The Balaban J connectivity index is 1.45. The van der Waals surface area contributed by atoms with Gasteiger partial charge in [-0.3, -0.25) is 9.78 Å². The van der Waals surface area contributed by atoms with Crippen LogP contribution in [0.2, 0.25) is 5.02 Å². The Morgan fingerprint density at radius 2 is 1.81 bits per heavy atom. The predicted molar refractivity (Wildman–Crippen MR) is 103 cm³/mol. The molecule has 1 saturated heterocycles. The molecule has 1 aliphatic carbocycles. The summed E-state index contributed by atoms with van der Waals surface area (Å²) in [6, 6.07) is 12.5. The molecule has 1 amide bonds. The molecule has 0 bridgehead atoms. The number of carbonyl (C=O) groups excluding carboxylic acids is 1. The van der Waals surface area contributed by atoms with Crippen molar-refractivity contribution in [3.05, 3.63) is 64.9 Å². The number of benzene rings is 1. The number of hydrogen-bond acceptors (Lipinski definition) is 3. The summed E-state index contributed by atoms with van der Waals surface area (Å²) in [6.45, 7) is 1.71. The van der Waals surface area contributed by atoms with Gasteiger partial charge in [-0.25, -0.2) is 0 Å². The van der Waals surface area contributed by atoms with E-state index in [1.165, 1.54) is 5.56 Å². The summed E-state index contributed by atoms with van der Waals surface area (Å²) < 4.78 is 0. The van der Waals surface area contributed by atoms with Crippen molar-refractivity contribution in [1.82, 2.24) is 15.2 Å². The second-order valence-electron chi connectivity index (χ2n) is 7.31. The van der Waals surface area contributed by atoms with Crippen molar-refractivity contribution in [2.75, 3.05) is 13.1 Å². The summed E-state index contributed by atoms with van der Waals surface area (Å²) in [7, 11) is 0. The Kier molecular flexibility index (Phi) is 5.23. The number of rotatable bonds is 5. The second-order valence-corrected chi connectivity index (χ2v) is 7.75. The second kappa shape index (κ2) is 7.77. The van der Waals surface area contributed by atoms with E-state index in [1.54, 1.807) is 6.20 Å². The number of hydrogen-bond donors (Lipinski definition) is 1. The van der Waals surface area contributed by atoms with E-state index in [0.29, 0.717) is 17.9 Å². The molecule has 4 nitrogen and oxygen atoms in total. The van der Waals surface area contributed by atoms with Gasteiger partial charge in [-0.15, -0.1) is 0 Å². The number of nitrogens with zero attached hydrogens (tertiary/aromatic N) is 2. The largest absolute Gasteiger partial charge is 0.342 e. The first-order valence-corrected chi connectivity index (χ1v) is 9.79. The molecular weight excluding hydrogens is 346 g/mol. The summed E-state index contributed by atoms with van der Waals surface area (Å²) in [5.74, 6) is 0.682. The molecule has 1 aliphatic heterocycles. The first-order valence-electron chi connectivity index (χ1n) is 9.41. The summed E-state index contributed by atoms with van der Waals surface area (Å²) >= 11 is 6.06. The molecule has 5 heteroatoms. The summed E-state index contributed by atoms with van der Waals surface area (Å²) in [5.41, 5.74) is 2.32. The van der Waals surface area contributed by atoms with Crippen molar-refractivity contribution >= 4 is 17.5 Å². The van der Waals surface area contributed by atoms with E-state index < -0.39 is 0 Å². The van der Waals surface area contributed by atoms with Gasteiger partial charge in [-0.2, -0.15) is 0 Å². The normalized spacial score (nSPS) is 19.3. The highest BCUT2D eigenvalue weighted by molar-refractivity contribution is 6.30. The SMILES string of the molecule is O=C(C1CC1)N1CCC(NC(c2ccc(Cl)cc2)c2cccnc2)CC1. The van der Waals surface area contributed by atoms with Gasteiger partial charge in [0.05, 0.1) is 6.04 Å². The fourth-order valence-corrected chi connectivity index (χ4v) is 3.80. The highest BCUT2D eigenvalue weighted by atomic mass is 35.5. The number of carbonyl (C=O) groups is 1. The van der Waals surface area contributed by atoms with E-state index >= 15 is 0 Å². The minimum atomic E-state index is 0.0802. The lowest BCUT2D eigenvalue weighted by atomic mass is 9.96. The first-order chi connectivity index (χ1) is 12.7. The molecule has 2 heterocycles. The molecule has 1 unspecified atom stereocenters. The molecular formula is C21H24ClN3O. The maximum Gasteiger partial charge on any atom is 0.225 e. The number of halogens is 1. The molecule has 4 rings (SSSR count). The summed E-state index contributed by atoms with van der Waals surface area (Å²) in [6.07, 6.45) is 7.85. The van der Waals surface area contributed by atoms with Gasteiger partial charge >= 0.3 is 0 Å². The van der Waals surface area contributed by atoms with Crippen LogP contribution in [-0.4, -0.2) is 34.9 Å². The van der Waals surface area contributed by atoms with Crippen molar-refractivity contribution in [2.45, 2.75) is 37.8 Å². The quantitative estimate of drug-likeness (QED) is 0.871. The topological polar surface area (TPSA) is 45.2 Å². The van der Waals surface area contributed by atoms with Gasteiger partial charge in [-0.05, 0) is 55.0 Å². The maximum absolute atomic E-state index is 12.2. The van der Waals surface area contributed by atoms with Gasteiger partial charge in [-0.1, -0.05) is 29.8 Å². The summed E-state index contributed by atoms with van der Waals surface area (Å²) in [5, 5.41) is 4.53. The van der Waals surface area contributed by atoms with Crippen LogP contribution in [0.25, 0.3) is 0 Å². The third-order valence-corrected chi connectivity index (χ3v) is 5.61. The Bertz CT molecular complexity index is 738. The number of nitrogens with one attached hydrogen (secondary N) is 1. The smallest absolute Gasteiger partial charge is 0.225 e. The Morgan fingerprint density at radius 1 is 1.08 bits per heavy atom. The molecule has 2 aliphatic rings. The van der Waals surface area contributed by atoms with E-state index in [4.69, 9.17) is 11.6 Å². The zero-order valence-electron chi connectivity index (χ0n) is 14.8. The van der Waals surface area contributed by atoms with Crippen LogP contribution in [0.15, 0.2) is 48.8 Å². The number of aromatic nitrogens is 1. The van der Waals surface area contributed by atoms with Crippen LogP contribution in [0.3, 0.4) is 0 Å². The molecule has 0 radical (unpaired) electrons. The van der Waals surface area contributed by atoms with Crippen LogP contribution in [0, 0.1) is 5.92 Å². The molecule has 1 aromatic heterocycles. The molecule has 1 saturated carbocycles. The monoisotopic (exact) mass is 369 g/mol. The van der Waals surface area contributed by atoms with Crippen LogP contribution in [0.4, 0.5) is 0 Å². The van der Waals surface area contributed by atoms with Crippen molar-refractivity contribution in [1.29, 1.82) is 0 Å². The summed E-state index contributed by atoms with van der Waals surface area (Å²) in [4.78, 5) is 18.6. The van der Waals surface area contributed by atoms with Gasteiger partial charge in [0.15, 0.2) is 0 Å². The standard InChI is InChI=1S/C21H24ClN3O/c22-18-7-5-15(6-8-18)20(17-2-1-11-23-14-17)24-19-9-12-25(13-10-19)21(26)16-3-4-16/h1-2,5-8,11,14,16,19-20,24H,3-4,9-10,12-13H2. The Hall–Kier alpha value is -1.91. The molecule has 1 N–H and O–H groups in total. The minimum Gasteiger partial charge on any atom is -0.342 e. The zero-order valence-corrected chi connectivity index (χ0v) is 15.5. The van der Waals surface area contributed by atoms with Gasteiger partial charge in [0.25, 0.3) is 0 Å². The highest BCUT2D eigenvalue weighted by Crippen LogP contribution is 2.32. The molecule has 2 fully saturated rings. The van der Waals surface area contributed by atoms with Crippen LogP contribution in [0.1, 0.15) is 42.9 Å². The average Bonchev–Trinajstić information content (AvgIpc) is 3.53. The first kappa shape index (κ1) is 17.5. The van der Waals surface area contributed by atoms with Gasteiger partial charge in [0.2, 0.25) is 5.91 Å². The molecule has 2 aromatic rings. The average molecular weight is 370 g/mol. The van der Waals surface area contributed by atoms with Crippen LogP contribution in [0.5, 0.6) is 0 Å². The van der Waals surface area contributed by atoms with Crippen molar-refractivity contribution in [3.8, 4) is 0 Å². The van der Waals surface area contributed by atoms with E-state index in [2.05, 4.69) is 33.4 Å². The molecule has 136 valence electrons. The van der Waals surface area contributed by atoms with Gasteiger partial charge in [0, 0.05) is 42.5 Å². The van der Waals surface area contributed by atoms with Gasteiger partial charge in [0.1, 0.15) is 0 Å². The van der Waals surface area contributed by atoms with Crippen molar-refractivity contribution < 1.29 is 4.79 Å². The van der Waals surface area contributed by atoms with Gasteiger partial charge < -0.3 is 10.2 Å². The third kappa shape index (κ3) is 4.08. The number of pyridine rings is 1. The van der Waals surface area contributed by atoms with E-state index in [9.17, 15) is 4.79 Å². The molecule has 26 heavy (non-hydrogen) atoms. The van der Waals surface area contributed by atoms with E-state index in [1.807, 2.05) is 24.4 Å². The number of piperidine rings is 1. The predicted octanol–water partition coefficient (Wildman–Crippen LogP) is 3.82. The van der Waals surface area contributed by atoms with Crippen molar-refractivity contribution in [3.63, 3.8) is 0 Å². The fourth-order valence-electron chi connectivity index (χ4n) is 3.68. The number of likely N-dealkylation sites (tertiary alicyclic amines) is 1. The molecule has 0 spiro atoms. The minimum absolute atomic E-state index is 0.0802. The maximum atomic E-state index is 12.2. The Labute approximate surface area is 159 Å². The van der Waals surface area contributed by atoms with Crippen LogP contribution in [-0.2, 0) is 4.79 Å². The molecule has 1 atom stereocenters. The van der Waals surface area contributed by atoms with Crippen LogP contribution >= 0.6 is 11.6 Å². The molecule has 1 aromatic carbocycles. The lowest BCUT2D eigenvalue weighted by molar-refractivity contribution is -0.133. The van der Waals surface area contributed by atoms with E-state index in [0.717, 1.165) is 49.4 Å². The van der Waals surface area contributed by atoms with Crippen LogP contribution < -0.4 is 5.32 Å². The Morgan fingerprint density at radius 3 is 2.42 bits per heavy atom. The third-order valence-electron chi connectivity index (χ3n) is 5.36. The highest BCUT2D eigenvalue weighted by Gasteiger charge is 2.35. The zero-order chi connectivity index (χ0) is 17.9.